The molecule has 2 amide bonds. The van der Waals surface area contributed by atoms with Crippen LogP contribution in [0.25, 0.3) is 0 Å². The summed E-state index contributed by atoms with van der Waals surface area (Å²) in [4.78, 5) is 48.6. The summed E-state index contributed by atoms with van der Waals surface area (Å²) in [5.41, 5.74) is -1.71. The van der Waals surface area contributed by atoms with Crippen molar-refractivity contribution in [2.75, 3.05) is 13.2 Å². The van der Waals surface area contributed by atoms with E-state index in [-0.39, 0.29) is 0 Å². The first-order valence-corrected chi connectivity index (χ1v) is 12.2. The van der Waals surface area contributed by atoms with E-state index in [1.54, 1.807) is 0 Å². The van der Waals surface area contributed by atoms with Gasteiger partial charge in [0.1, 0.15) is 42.7 Å². The molecule has 0 unspecified atom stereocenters. The number of aromatic amines is 1. The third kappa shape index (κ3) is 6.73. The van der Waals surface area contributed by atoms with Crippen LogP contribution < -0.4 is 21.3 Å². The number of amides is 2. The zero-order chi connectivity index (χ0) is 28.4. The minimum atomic E-state index is -4.96. The lowest BCUT2D eigenvalue weighted by Gasteiger charge is -2.41. The molecule has 20 heteroatoms. The maximum Gasteiger partial charge on any atom is 0.425 e. The minimum Gasteiger partial charge on any atom is -0.416 e. The molecule has 0 aliphatic carbocycles. The lowest BCUT2D eigenvalue weighted by Crippen LogP contribution is -2.65. The highest BCUT2D eigenvalue weighted by Crippen LogP contribution is 2.28. The van der Waals surface area contributed by atoms with Gasteiger partial charge >= 0.3 is 22.1 Å². The quantitative estimate of drug-likeness (QED) is 0.144. The van der Waals surface area contributed by atoms with Gasteiger partial charge in [-0.2, -0.15) is 13.1 Å². The number of aliphatic hydroxyl groups is 5. The molecule has 0 bridgehead atoms. The molecule has 2 aliphatic heterocycles. The van der Waals surface area contributed by atoms with Gasteiger partial charge in [-0.15, -0.1) is 0 Å². The molecule has 1 aromatic heterocycles. The van der Waals surface area contributed by atoms with Gasteiger partial charge in [0.2, 0.25) is 12.2 Å². The van der Waals surface area contributed by atoms with E-state index < -0.39 is 102 Å². The number of hydrogen-bond donors (Lipinski definition) is 8. The van der Waals surface area contributed by atoms with Gasteiger partial charge < -0.3 is 45.1 Å². The summed E-state index contributed by atoms with van der Waals surface area (Å²) in [5.74, 6) is -0.725. The smallest absolute Gasteiger partial charge is 0.416 e. The molecule has 8 N–H and O–H groups in total. The van der Waals surface area contributed by atoms with Crippen molar-refractivity contribution >= 4 is 22.3 Å². The summed E-state index contributed by atoms with van der Waals surface area (Å²) in [7, 11) is -4.96. The number of hydrogen-bond acceptors (Lipinski definition) is 15. The Bertz CT molecular complexity index is 1230. The Balaban J connectivity index is 1.61. The Morgan fingerprint density at radius 1 is 1.08 bits per heavy atom. The molecule has 3 heterocycles. The van der Waals surface area contributed by atoms with Gasteiger partial charge in [0.05, 0.1) is 13.2 Å². The van der Waals surface area contributed by atoms with Gasteiger partial charge in [-0.3, -0.25) is 23.3 Å². The Labute approximate surface area is 212 Å². The van der Waals surface area contributed by atoms with E-state index in [1.165, 1.54) is 4.72 Å². The van der Waals surface area contributed by atoms with Crippen molar-refractivity contribution in [1.29, 1.82) is 0 Å². The summed E-state index contributed by atoms with van der Waals surface area (Å²) in [6.07, 6.45) is -14.0. The zero-order valence-corrected chi connectivity index (χ0v) is 20.3. The van der Waals surface area contributed by atoms with Crippen molar-refractivity contribution in [3.63, 3.8) is 0 Å². The number of carbonyl (C=O) groups excluding carboxylic acids is 2. The summed E-state index contributed by atoms with van der Waals surface area (Å²) >= 11 is 0. The van der Waals surface area contributed by atoms with E-state index in [9.17, 15) is 53.1 Å². The molecule has 3 rings (SSSR count). The number of ether oxygens (including phenoxy) is 3. The highest BCUT2D eigenvalue weighted by Gasteiger charge is 2.47. The SMILES string of the molecule is CC(=O)N[C@H]1[C@@H](OC(=O)NS(=O)(=O)OC[C@H]2O[C@@H](n3ccc(=O)[nH]c3=O)[C@H](O)[C@@H]2O)O[C@H](CO)[C@@H](O)[C@@H]1O. The number of aliphatic hydroxyl groups excluding tert-OH is 5. The Morgan fingerprint density at radius 2 is 1.74 bits per heavy atom. The molecule has 9 atom stereocenters. The molecule has 1 aromatic rings. The maximum atomic E-state index is 12.2. The first kappa shape index (κ1) is 29.6. The van der Waals surface area contributed by atoms with Crippen molar-refractivity contribution < 1.29 is 61.9 Å². The number of nitrogens with one attached hydrogen (secondary N) is 3. The molecule has 0 aromatic carbocycles. The van der Waals surface area contributed by atoms with Crippen molar-refractivity contribution in [3.8, 4) is 0 Å². The lowest BCUT2D eigenvalue weighted by molar-refractivity contribution is -0.252. The van der Waals surface area contributed by atoms with Crippen molar-refractivity contribution in [2.45, 2.75) is 62.1 Å². The summed E-state index contributed by atoms with van der Waals surface area (Å²) in [6.45, 7) is -0.738. The van der Waals surface area contributed by atoms with Gasteiger partial charge in [0.25, 0.3) is 5.56 Å². The largest absolute Gasteiger partial charge is 0.425 e. The fourth-order valence-corrected chi connectivity index (χ4v) is 4.34. The normalized spacial score (nSPS) is 33.5. The number of H-pyrrole nitrogens is 1. The van der Waals surface area contributed by atoms with Crippen LogP contribution in [0.5, 0.6) is 0 Å². The van der Waals surface area contributed by atoms with E-state index in [2.05, 4.69) is 9.50 Å². The fraction of sp³-hybridized carbons (Fsp3) is 0.667. The number of aromatic nitrogens is 2. The second-order valence-electron chi connectivity index (χ2n) is 8.24. The van der Waals surface area contributed by atoms with Crippen molar-refractivity contribution in [3.05, 3.63) is 33.1 Å². The fourth-order valence-electron chi connectivity index (χ4n) is 3.71. The Kier molecular flexibility index (Phi) is 9.22. The molecule has 0 saturated carbocycles. The van der Waals surface area contributed by atoms with Crippen LogP contribution in [0.2, 0.25) is 0 Å². The van der Waals surface area contributed by atoms with Crippen LogP contribution in [-0.4, -0.2) is 118 Å². The standard InChI is InChI=1S/C18H26N4O15S/c1-6(24)19-10-13(28)11(26)7(4-23)36-16(10)37-18(31)21-38(32,33)34-5-8-12(27)14(29)15(35-8)22-3-2-9(25)20-17(22)30/h2-3,7-8,10-16,23,26-29H,4-5H2,1H3,(H,19,24)(H,21,31)(H,20,25,30)/t7-,8-,10-,11-,12-,13-,14-,15-,16-/m1/s1. The predicted molar refractivity (Wildman–Crippen MR) is 117 cm³/mol. The van der Waals surface area contributed by atoms with Crippen LogP contribution in [0.1, 0.15) is 13.2 Å². The average molecular weight is 570 g/mol. The highest BCUT2D eigenvalue weighted by atomic mass is 32.2. The number of carbonyl (C=O) groups is 2. The molecule has 38 heavy (non-hydrogen) atoms. The molecule has 2 fully saturated rings. The second kappa shape index (κ2) is 11.8. The third-order valence-corrected chi connectivity index (χ3v) is 6.40. The minimum absolute atomic E-state index is 0.725. The van der Waals surface area contributed by atoms with Crippen molar-refractivity contribution in [2.24, 2.45) is 0 Å². The van der Waals surface area contributed by atoms with Gasteiger partial charge in [-0.25, -0.2) is 9.59 Å². The van der Waals surface area contributed by atoms with Gasteiger partial charge in [-0.1, -0.05) is 0 Å². The first-order chi connectivity index (χ1) is 17.7. The van der Waals surface area contributed by atoms with E-state index in [0.29, 0.717) is 0 Å². The third-order valence-electron chi connectivity index (χ3n) is 5.53. The van der Waals surface area contributed by atoms with E-state index in [0.717, 1.165) is 23.8 Å². The summed E-state index contributed by atoms with van der Waals surface area (Å²) < 4.78 is 46.3. The first-order valence-electron chi connectivity index (χ1n) is 10.8. The Hall–Kier alpha value is -2.95. The summed E-state index contributed by atoms with van der Waals surface area (Å²) in [5, 5.41) is 51.9. The molecule has 2 aliphatic rings. The molecular weight excluding hydrogens is 544 g/mol. The number of rotatable bonds is 8. The van der Waals surface area contributed by atoms with Gasteiger partial charge in [0, 0.05) is 19.2 Å². The monoisotopic (exact) mass is 570 g/mol. The van der Waals surface area contributed by atoms with Crippen LogP contribution in [0, 0.1) is 0 Å². The average Bonchev–Trinajstić information content (AvgIpc) is 3.10. The van der Waals surface area contributed by atoms with E-state index >= 15 is 0 Å². The molecule has 0 radical (unpaired) electrons. The van der Waals surface area contributed by atoms with Crippen LogP contribution in [0.15, 0.2) is 21.9 Å². The Morgan fingerprint density at radius 3 is 2.34 bits per heavy atom. The van der Waals surface area contributed by atoms with Gasteiger partial charge in [-0.05, 0) is 0 Å². The maximum absolute atomic E-state index is 12.2. The van der Waals surface area contributed by atoms with Crippen LogP contribution in [0.4, 0.5) is 4.79 Å². The van der Waals surface area contributed by atoms with Crippen LogP contribution >= 0.6 is 0 Å². The topological polar surface area (TPSA) is 285 Å². The molecular formula is C18H26N4O15S. The van der Waals surface area contributed by atoms with E-state index in [4.69, 9.17) is 14.2 Å². The van der Waals surface area contributed by atoms with Gasteiger partial charge in [0.15, 0.2) is 6.23 Å². The lowest BCUT2D eigenvalue weighted by atomic mass is 9.97. The molecule has 2 saturated heterocycles. The van der Waals surface area contributed by atoms with E-state index in [1.807, 2.05) is 4.98 Å². The van der Waals surface area contributed by atoms with Crippen LogP contribution in [-0.2, 0) is 33.5 Å². The highest BCUT2D eigenvalue weighted by molar-refractivity contribution is 7.85. The molecule has 0 spiro atoms. The van der Waals surface area contributed by atoms with Crippen molar-refractivity contribution in [1.82, 2.24) is 19.6 Å². The number of nitrogens with zero attached hydrogens (tertiary/aromatic N) is 1. The molecule has 214 valence electrons. The zero-order valence-electron chi connectivity index (χ0n) is 19.4. The van der Waals surface area contributed by atoms with Crippen LogP contribution in [0.3, 0.4) is 0 Å². The molecule has 19 nitrogen and oxygen atoms in total. The second-order valence-corrected chi connectivity index (χ2v) is 9.59. The summed E-state index contributed by atoms with van der Waals surface area (Å²) in [6, 6.07) is -0.598. The predicted octanol–water partition coefficient (Wildman–Crippen LogP) is -5.91.